The summed E-state index contributed by atoms with van der Waals surface area (Å²) in [5.74, 6) is -0.280. The van der Waals surface area contributed by atoms with Gasteiger partial charge in [0.2, 0.25) is 0 Å². The summed E-state index contributed by atoms with van der Waals surface area (Å²) in [6, 6.07) is 4.82. The van der Waals surface area contributed by atoms with Gasteiger partial charge in [0.25, 0.3) is 5.91 Å². The molecule has 1 aliphatic rings. The standard InChI is InChI=1S/C10H11N3O2/c1-6-2-3-7(11)8(4-6)13-9(14)5-12-10(13)15/h2-4H,5,11H2,1H3,(H,12,15). The molecule has 2 rings (SSSR count). The minimum absolute atomic E-state index is 0.0339. The maximum Gasteiger partial charge on any atom is 0.329 e. The van der Waals surface area contributed by atoms with Crippen LogP contribution < -0.4 is 16.0 Å². The highest BCUT2D eigenvalue weighted by Gasteiger charge is 2.31. The van der Waals surface area contributed by atoms with Crippen molar-refractivity contribution in [1.82, 2.24) is 5.32 Å². The van der Waals surface area contributed by atoms with E-state index >= 15 is 0 Å². The number of hydrogen-bond donors (Lipinski definition) is 2. The first kappa shape index (κ1) is 9.51. The van der Waals surface area contributed by atoms with Crippen molar-refractivity contribution in [2.24, 2.45) is 0 Å². The van der Waals surface area contributed by atoms with Gasteiger partial charge in [-0.05, 0) is 24.6 Å². The highest BCUT2D eigenvalue weighted by atomic mass is 16.2. The van der Waals surface area contributed by atoms with Crippen LogP contribution in [0.2, 0.25) is 0 Å². The van der Waals surface area contributed by atoms with Crippen molar-refractivity contribution in [3.8, 4) is 0 Å². The van der Waals surface area contributed by atoms with Crippen molar-refractivity contribution in [3.05, 3.63) is 23.8 Å². The van der Waals surface area contributed by atoms with Crippen LogP contribution in [0.15, 0.2) is 18.2 Å². The number of rotatable bonds is 1. The number of hydrogen-bond acceptors (Lipinski definition) is 3. The third kappa shape index (κ3) is 1.52. The van der Waals surface area contributed by atoms with Crippen molar-refractivity contribution in [3.63, 3.8) is 0 Å². The van der Waals surface area contributed by atoms with E-state index in [2.05, 4.69) is 5.32 Å². The molecule has 0 spiro atoms. The highest BCUT2D eigenvalue weighted by molar-refractivity contribution is 6.21. The maximum absolute atomic E-state index is 11.4. The fourth-order valence-electron chi connectivity index (χ4n) is 1.51. The summed E-state index contributed by atoms with van der Waals surface area (Å²) in [5, 5.41) is 2.45. The second-order valence-electron chi connectivity index (χ2n) is 3.45. The van der Waals surface area contributed by atoms with Crippen LogP contribution in [-0.2, 0) is 4.79 Å². The van der Waals surface area contributed by atoms with Gasteiger partial charge in [-0.2, -0.15) is 0 Å². The Bertz CT molecular complexity index is 426. The third-order valence-corrected chi connectivity index (χ3v) is 2.27. The lowest BCUT2D eigenvalue weighted by Crippen LogP contribution is -2.31. The number of nitrogens with one attached hydrogen (secondary N) is 1. The molecular formula is C10H11N3O2. The van der Waals surface area contributed by atoms with Gasteiger partial charge in [0.15, 0.2) is 0 Å². The molecule has 1 aliphatic heterocycles. The Kier molecular flexibility index (Phi) is 2.07. The quantitative estimate of drug-likeness (QED) is 0.521. The fourth-order valence-corrected chi connectivity index (χ4v) is 1.51. The van der Waals surface area contributed by atoms with Crippen LogP contribution in [0.25, 0.3) is 0 Å². The lowest BCUT2D eigenvalue weighted by Gasteiger charge is -2.15. The van der Waals surface area contributed by atoms with Crippen molar-refractivity contribution in [1.29, 1.82) is 0 Å². The van der Waals surface area contributed by atoms with Crippen LogP contribution in [0.5, 0.6) is 0 Å². The molecule has 0 aromatic heterocycles. The zero-order valence-corrected chi connectivity index (χ0v) is 8.28. The predicted molar refractivity (Wildman–Crippen MR) is 56.5 cm³/mol. The van der Waals surface area contributed by atoms with E-state index < -0.39 is 6.03 Å². The average molecular weight is 205 g/mol. The fraction of sp³-hybridized carbons (Fsp3) is 0.200. The molecule has 0 bridgehead atoms. The number of nitrogen functional groups attached to an aromatic ring is 1. The van der Waals surface area contributed by atoms with Gasteiger partial charge < -0.3 is 11.1 Å². The third-order valence-electron chi connectivity index (χ3n) is 2.27. The summed E-state index contributed by atoms with van der Waals surface area (Å²) < 4.78 is 0. The van der Waals surface area contributed by atoms with Crippen LogP contribution in [-0.4, -0.2) is 18.5 Å². The molecule has 15 heavy (non-hydrogen) atoms. The first-order chi connectivity index (χ1) is 7.09. The number of aryl methyl sites for hydroxylation is 1. The molecule has 0 atom stereocenters. The molecule has 1 aromatic carbocycles. The Morgan fingerprint density at radius 1 is 1.40 bits per heavy atom. The lowest BCUT2D eigenvalue weighted by molar-refractivity contribution is -0.115. The number of benzene rings is 1. The first-order valence-electron chi connectivity index (χ1n) is 4.56. The molecular weight excluding hydrogens is 194 g/mol. The number of imide groups is 1. The average Bonchev–Trinajstić information content (AvgIpc) is 2.51. The van der Waals surface area contributed by atoms with Crippen molar-refractivity contribution >= 4 is 23.3 Å². The Labute approximate surface area is 86.9 Å². The van der Waals surface area contributed by atoms with Gasteiger partial charge >= 0.3 is 6.03 Å². The minimum Gasteiger partial charge on any atom is -0.397 e. The first-order valence-corrected chi connectivity index (χ1v) is 4.56. The zero-order chi connectivity index (χ0) is 11.0. The van der Waals surface area contributed by atoms with Crippen LogP contribution in [0, 0.1) is 6.92 Å². The molecule has 5 heteroatoms. The molecule has 0 aliphatic carbocycles. The van der Waals surface area contributed by atoms with Crippen LogP contribution in [0.4, 0.5) is 16.2 Å². The van der Waals surface area contributed by atoms with Crippen molar-refractivity contribution in [2.45, 2.75) is 6.92 Å². The van der Waals surface area contributed by atoms with E-state index in [1.807, 2.05) is 13.0 Å². The summed E-state index contributed by atoms with van der Waals surface area (Å²) in [5.41, 5.74) is 7.55. The van der Waals surface area contributed by atoms with Crippen molar-refractivity contribution in [2.75, 3.05) is 17.2 Å². The molecule has 3 amide bonds. The van der Waals surface area contributed by atoms with Gasteiger partial charge in [0.05, 0.1) is 17.9 Å². The Balaban J connectivity index is 2.48. The summed E-state index contributed by atoms with van der Waals surface area (Å²) >= 11 is 0. The Hall–Kier alpha value is -2.04. The van der Waals surface area contributed by atoms with E-state index in [0.29, 0.717) is 11.4 Å². The Morgan fingerprint density at radius 3 is 2.73 bits per heavy atom. The molecule has 1 fully saturated rings. The van der Waals surface area contributed by atoms with E-state index in [0.717, 1.165) is 10.5 Å². The summed E-state index contributed by atoms with van der Waals surface area (Å²) in [6.07, 6.45) is 0. The second kappa shape index (κ2) is 3.27. The topological polar surface area (TPSA) is 75.4 Å². The number of anilines is 2. The smallest absolute Gasteiger partial charge is 0.329 e. The van der Waals surface area contributed by atoms with Crippen LogP contribution in [0.3, 0.4) is 0 Å². The molecule has 1 saturated heterocycles. The monoisotopic (exact) mass is 205 g/mol. The number of nitrogens with zero attached hydrogens (tertiary/aromatic N) is 1. The normalized spacial score (nSPS) is 15.7. The molecule has 1 heterocycles. The SMILES string of the molecule is Cc1ccc(N)c(N2C(=O)CNC2=O)c1. The predicted octanol–water partition coefficient (Wildman–Crippen LogP) is 0.633. The largest absolute Gasteiger partial charge is 0.397 e. The van der Waals surface area contributed by atoms with Crippen molar-refractivity contribution < 1.29 is 9.59 Å². The summed E-state index contributed by atoms with van der Waals surface area (Å²) in [6.45, 7) is 1.91. The van der Waals surface area contributed by atoms with E-state index in [4.69, 9.17) is 5.73 Å². The van der Waals surface area contributed by atoms with E-state index in [1.165, 1.54) is 0 Å². The summed E-state index contributed by atoms with van der Waals surface area (Å²) in [7, 11) is 0. The number of amides is 3. The number of urea groups is 1. The highest BCUT2D eigenvalue weighted by Crippen LogP contribution is 2.25. The number of carbonyl (C=O) groups excluding carboxylic acids is 2. The van der Waals surface area contributed by atoms with Gasteiger partial charge in [-0.1, -0.05) is 6.07 Å². The number of nitrogens with two attached hydrogens (primary N) is 1. The van der Waals surface area contributed by atoms with E-state index in [1.54, 1.807) is 12.1 Å². The van der Waals surface area contributed by atoms with Gasteiger partial charge in [-0.15, -0.1) is 0 Å². The number of carbonyl (C=O) groups is 2. The van der Waals surface area contributed by atoms with Crippen LogP contribution >= 0.6 is 0 Å². The minimum atomic E-state index is -0.419. The zero-order valence-electron chi connectivity index (χ0n) is 8.28. The molecule has 0 radical (unpaired) electrons. The van der Waals surface area contributed by atoms with Gasteiger partial charge in [0, 0.05) is 0 Å². The molecule has 1 aromatic rings. The molecule has 3 N–H and O–H groups in total. The molecule has 0 saturated carbocycles. The molecule has 0 unspecified atom stereocenters. The Morgan fingerprint density at radius 2 is 2.13 bits per heavy atom. The van der Waals surface area contributed by atoms with E-state index in [-0.39, 0.29) is 12.5 Å². The van der Waals surface area contributed by atoms with Gasteiger partial charge in [0.1, 0.15) is 0 Å². The lowest BCUT2D eigenvalue weighted by atomic mass is 10.2. The van der Waals surface area contributed by atoms with Crippen LogP contribution in [0.1, 0.15) is 5.56 Å². The second-order valence-corrected chi connectivity index (χ2v) is 3.45. The maximum atomic E-state index is 11.4. The van der Waals surface area contributed by atoms with E-state index in [9.17, 15) is 9.59 Å². The summed E-state index contributed by atoms with van der Waals surface area (Å²) in [4.78, 5) is 23.9. The molecule has 5 nitrogen and oxygen atoms in total. The van der Waals surface area contributed by atoms with Gasteiger partial charge in [-0.25, -0.2) is 9.69 Å². The van der Waals surface area contributed by atoms with Gasteiger partial charge in [-0.3, -0.25) is 4.79 Å². The molecule has 78 valence electrons.